The highest BCUT2D eigenvalue weighted by Gasteiger charge is 2.21. The Balaban J connectivity index is 2.12. The van der Waals surface area contributed by atoms with E-state index in [1.807, 2.05) is 0 Å². The summed E-state index contributed by atoms with van der Waals surface area (Å²) in [6.07, 6.45) is 17.1. The van der Waals surface area contributed by atoms with Crippen LogP contribution in [0.5, 0.6) is 0 Å². The van der Waals surface area contributed by atoms with Gasteiger partial charge in [0.1, 0.15) is 6.54 Å². The maximum atomic E-state index is 2.40. The van der Waals surface area contributed by atoms with E-state index in [4.69, 9.17) is 0 Å². The smallest absolute Gasteiger partial charge is 0.104 e. The monoisotopic (exact) mass is 360 g/mol. The Hall–Kier alpha value is -0.820. The molecule has 0 spiro atoms. The van der Waals surface area contributed by atoms with Crippen LogP contribution in [0.4, 0.5) is 0 Å². The van der Waals surface area contributed by atoms with Crippen molar-refractivity contribution < 1.29 is 4.48 Å². The van der Waals surface area contributed by atoms with Crippen molar-refractivity contribution in [2.24, 2.45) is 5.92 Å². The molecule has 0 saturated carbocycles. The zero-order valence-corrected chi connectivity index (χ0v) is 18.3. The fourth-order valence-electron chi connectivity index (χ4n) is 4.19. The Morgan fingerprint density at radius 1 is 0.731 bits per heavy atom. The number of unbranched alkanes of at least 4 members (excludes halogenated alkanes) is 9. The van der Waals surface area contributed by atoms with Crippen molar-refractivity contribution in [2.75, 3.05) is 20.6 Å². The maximum absolute atomic E-state index is 2.40. The molecule has 1 nitrogen and oxygen atoms in total. The standard InChI is InChI=1S/C25H46N/c1-5-7-8-9-10-11-12-13-14-16-19-24(6-2)22-26(3,4)23-25-20-17-15-18-21-25/h15,17-18,20-21,24H,5-14,16,19,22-23H2,1-4H3/q+1. The summed E-state index contributed by atoms with van der Waals surface area (Å²) in [5.41, 5.74) is 1.46. The Morgan fingerprint density at radius 3 is 1.81 bits per heavy atom. The van der Waals surface area contributed by atoms with Crippen LogP contribution in [0.25, 0.3) is 0 Å². The summed E-state index contributed by atoms with van der Waals surface area (Å²) in [5.74, 6) is 0.878. The molecular formula is C25H46N+. The highest BCUT2D eigenvalue weighted by molar-refractivity contribution is 5.13. The van der Waals surface area contributed by atoms with Crippen LogP contribution in [0.3, 0.4) is 0 Å². The van der Waals surface area contributed by atoms with Crippen LogP contribution in [0.2, 0.25) is 0 Å². The average Bonchev–Trinajstić information content (AvgIpc) is 2.62. The molecule has 0 fully saturated rings. The lowest BCUT2D eigenvalue weighted by atomic mass is 9.96. The van der Waals surface area contributed by atoms with Gasteiger partial charge in [-0.05, 0) is 12.8 Å². The third kappa shape index (κ3) is 11.7. The number of rotatable bonds is 16. The molecule has 0 heterocycles. The van der Waals surface area contributed by atoms with E-state index in [1.165, 1.54) is 89.2 Å². The largest absolute Gasteiger partial charge is 0.325 e. The van der Waals surface area contributed by atoms with E-state index in [0.717, 1.165) is 16.9 Å². The molecule has 0 radical (unpaired) electrons. The Labute approximate surface area is 164 Å². The number of hydrogen-bond acceptors (Lipinski definition) is 0. The lowest BCUT2D eigenvalue weighted by Gasteiger charge is -2.33. The van der Waals surface area contributed by atoms with E-state index < -0.39 is 0 Å². The van der Waals surface area contributed by atoms with Gasteiger partial charge in [-0.2, -0.15) is 0 Å². The van der Waals surface area contributed by atoms with Gasteiger partial charge in [0, 0.05) is 11.5 Å². The average molecular weight is 361 g/mol. The van der Waals surface area contributed by atoms with Crippen molar-refractivity contribution in [1.82, 2.24) is 0 Å². The second-order valence-electron chi connectivity index (χ2n) is 9.01. The second-order valence-corrected chi connectivity index (χ2v) is 9.01. The molecular weight excluding hydrogens is 314 g/mol. The van der Waals surface area contributed by atoms with Crippen LogP contribution in [0, 0.1) is 5.92 Å². The third-order valence-electron chi connectivity index (χ3n) is 5.75. The van der Waals surface area contributed by atoms with Crippen LogP contribution < -0.4 is 0 Å². The molecule has 0 bridgehead atoms. The van der Waals surface area contributed by atoms with Crippen molar-refractivity contribution >= 4 is 0 Å². The van der Waals surface area contributed by atoms with Gasteiger partial charge in [-0.25, -0.2) is 0 Å². The van der Waals surface area contributed by atoms with E-state index in [0.29, 0.717) is 0 Å². The molecule has 0 aromatic heterocycles. The minimum atomic E-state index is 0.878. The molecule has 0 aliphatic heterocycles. The van der Waals surface area contributed by atoms with Crippen LogP contribution in [-0.2, 0) is 6.54 Å². The van der Waals surface area contributed by atoms with E-state index in [9.17, 15) is 0 Å². The number of benzene rings is 1. The van der Waals surface area contributed by atoms with Crippen molar-refractivity contribution in [1.29, 1.82) is 0 Å². The van der Waals surface area contributed by atoms with Crippen LogP contribution in [0.15, 0.2) is 30.3 Å². The summed E-state index contributed by atoms with van der Waals surface area (Å²) in [6, 6.07) is 11.0. The van der Waals surface area contributed by atoms with E-state index >= 15 is 0 Å². The molecule has 0 aliphatic rings. The highest BCUT2D eigenvalue weighted by Crippen LogP contribution is 2.20. The molecule has 1 atom stereocenters. The summed E-state index contributed by atoms with van der Waals surface area (Å²) < 4.78 is 1.11. The maximum Gasteiger partial charge on any atom is 0.104 e. The summed E-state index contributed by atoms with van der Waals surface area (Å²) in [7, 11) is 4.79. The Morgan fingerprint density at radius 2 is 1.27 bits per heavy atom. The highest BCUT2D eigenvalue weighted by atomic mass is 15.3. The summed E-state index contributed by atoms with van der Waals surface area (Å²) in [4.78, 5) is 0. The van der Waals surface area contributed by atoms with Crippen molar-refractivity contribution in [2.45, 2.75) is 97.4 Å². The molecule has 150 valence electrons. The van der Waals surface area contributed by atoms with E-state index in [2.05, 4.69) is 58.3 Å². The minimum absolute atomic E-state index is 0.878. The van der Waals surface area contributed by atoms with Gasteiger partial charge in [-0.1, -0.05) is 108 Å². The second kappa shape index (κ2) is 14.3. The van der Waals surface area contributed by atoms with Gasteiger partial charge < -0.3 is 4.48 Å². The first-order chi connectivity index (χ1) is 12.6. The lowest BCUT2D eigenvalue weighted by molar-refractivity contribution is -0.907. The first-order valence-corrected chi connectivity index (χ1v) is 11.4. The first kappa shape index (κ1) is 23.2. The minimum Gasteiger partial charge on any atom is -0.325 e. The zero-order chi connectivity index (χ0) is 19.1. The summed E-state index contributed by atoms with van der Waals surface area (Å²) in [6.45, 7) is 7.13. The number of nitrogens with zero attached hydrogens (tertiary/aromatic N) is 1. The van der Waals surface area contributed by atoms with E-state index in [-0.39, 0.29) is 0 Å². The molecule has 0 saturated heterocycles. The quantitative estimate of drug-likeness (QED) is 0.210. The van der Waals surface area contributed by atoms with Gasteiger partial charge >= 0.3 is 0 Å². The van der Waals surface area contributed by atoms with Gasteiger partial charge in [0.2, 0.25) is 0 Å². The van der Waals surface area contributed by atoms with Gasteiger partial charge in [-0.15, -0.1) is 0 Å². The summed E-state index contributed by atoms with van der Waals surface area (Å²) in [5, 5.41) is 0. The van der Waals surface area contributed by atoms with Gasteiger partial charge in [0.05, 0.1) is 20.6 Å². The zero-order valence-electron chi connectivity index (χ0n) is 18.3. The van der Waals surface area contributed by atoms with Crippen molar-refractivity contribution in [3.05, 3.63) is 35.9 Å². The van der Waals surface area contributed by atoms with Gasteiger partial charge in [0.25, 0.3) is 0 Å². The van der Waals surface area contributed by atoms with Crippen molar-refractivity contribution in [3.8, 4) is 0 Å². The van der Waals surface area contributed by atoms with Crippen LogP contribution >= 0.6 is 0 Å². The topological polar surface area (TPSA) is 0 Å². The van der Waals surface area contributed by atoms with Crippen molar-refractivity contribution in [3.63, 3.8) is 0 Å². The fraction of sp³-hybridized carbons (Fsp3) is 0.760. The molecule has 0 amide bonds. The lowest BCUT2D eigenvalue weighted by Crippen LogP contribution is -2.42. The predicted octanol–water partition coefficient (Wildman–Crippen LogP) is 7.60. The Bertz CT molecular complexity index is 423. The summed E-state index contributed by atoms with van der Waals surface area (Å²) >= 11 is 0. The number of quaternary nitrogens is 1. The third-order valence-corrected chi connectivity index (χ3v) is 5.75. The molecule has 0 aliphatic carbocycles. The molecule has 1 rings (SSSR count). The first-order valence-electron chi connectivity index (χ1n) is 11.4. The fourth-order valence-corrected chi connectivity index (χ4v) is 4.19. The Kier molecular flexibility index (Phi) is 12.7. The predicted molar refractivity (Wildman–Crippen MR) is 117 cm³/mol. The molecule has 1 heteroatoms. The van der Waals surface area contributed by atoms with Crippen LogP contribution in [-0.4, -0.2) is 25.1 Å². The normalized spacial score (nSPS) is 13.1. The molecule has 1 unspecified atom stereocenters. The SMILES string of the molecule is CCCCCCCCCCCCC(CC)C[N+](C)(C)Cc1ccccc1. The van der Waals surface area contributed by atoms with Crippen LogP contribution in [0.1, 0.15) is 96.5 Å². The molecule has 0 N–H and O–H groups in total. The van der Waals surface area contributed by atoms with Gasteiger partial charge in [-0.3, -0.25) is 0 Å². The molecule has 26 heavy (non-hydrogen) atoms. The molecule has 1 aromatic carbocycles. The number of hydrogen-bond donors (Lipinski definition) is 0. The van der Waals surface area contributed by atoms with E-state index in [1.54, 1.807) is 0 Å². The molecule has 1 aromatic rings. The van der Waals surface area contributed by atoms with Gasteiger partial charge in [0.15, 0.2) is 0 Å².